The topological polar surface area (TPSA) is 23.6 Å². The molecule has 25 heavy (non-hydrogen) atoms. The highest BCUT2D eigenvalue weighted by Crippen LogP contribution is 2.28. The average Bonchev–Trinajstić information content (AvgIpc) is 2.65. The van der Waals surface area contributed by atoms with Crippen molar-refractivity contribution in [2.75, 3.05) is 18.0 Å². The maximum atomic E-state index is 12.6. The molecule has 0 aromatic heterocycles. The van der Waals surface area contributed by atoms with Gasteiger partial charge in [0.25, 0.3) is 0 Å². The number of nitrogens with zero attached hydrogens (tertiary/aromatic N) is 2. The van der Waals surface area contributed by atoms with Crippen LogP contribution in [0, 0.1) is 5.92 Å². The lowest BCUT2D eigenvalue weighted by molar-refractivity contribution is -0.119. The van der Waals surface area contributed by atoms with Crippen LogP contribution in [0.5, 0.6) is 0 Å². The minimum atomic E-state index is 0.222. The number of hydrogen-bond donors (Lipinski definition) is 0. The van der Waals surface area contributed by atoms with E-state index in [0.717, 1.165) is 31.7 Å². The Kier molecular flexibility index (Phi) is 5.87. The van der Waals surface area contributed by atoms with Crippen LogP contribution in [0.15, 0.2) is 60.7 Å². The first-order chi connectivity index (χ1) is 12.2. The minimum absolute atomic E-state index is 0.222. The van der Waals surface area contributed by atoms with E-state index in [4.69, 9.17) is 0 Å². The van der Waals surface area contributed by atoms with E-state index in [0.29, 0.717) is 12.3 Å². The molecule has 1 heterocycles. The largest absolute Gasteiger partial charge is 0.309 e. The first kappa shape index (κ1) is 17.7. The second kappa shape index (κ2) is 8.30. The number of benzene rings is 2. The van der Waals surface area contributed by atoms with Crippen LogP contribution in [0.3, 0.4) is 0 Å². The zero-order valence-corrected chi connectivity index (χ0v) is 15.3. The molecule has 1 aliphatic rings. The fourth-order valence-corrected chi connectivity index (χ4v) is 3.87. The molecule has 3 nitrogen and oxygen atoms in total. The molecule has 3 heteroatoms. The highest BCUT2D eigenvalue weighted by Gasteiger charge is 2.33. The fourth-order valence-electron chi connectivity index (χ4n) is 3.87. The van der Waals surface area contributed by atoms with Crippen LogP contribution >= 0.6 is 0 Å². The van der Waals surface area contributed by atoms with E-state index in [-0.39, 0.29) is 11.9 Å². The number of para-hydroxylation sites is 1. The Morgan fingerprint density at radius 2 is 1.72 bits per heavy atom. The summed E-state index contributed by atoms with van der Waals surface area (Å²) >= 11 is 0. The third-order valence-corrected chi connectivity index (χ3v) is 5.13. The van der Waals surface area contributed by atoms with E-state index in [1.165, 1.54) is 5.56 Å². The molecule has 2 aromatic carbocycles. The standard InChI is InChI=1S/C22H28N2O/c1-3-22(25)24(20-12-8-5-9-13-20)21-14-15-23(16-18(21)2)17-19-10-6-4-7-11-19/h4-13,18,21H,3,14-17H2,1-2H3/t18-,21+/m0/s1. The molecule has 2 atom stereocenters. The van der Waals surface area contributed by atoms with Gasteiger partial charge in [0.1, 0.15) is 0 Å². The van der Waals surface area contributed by atoms with Crippen LogP contribution in [-0.2, 0) is 11.3 Å². The highest BCUT2D eigenvalue weighted by atomic mass is 16.2. The summed E-state index contributed by atoms with van der Waals surface area (Å²) < 4.78 is 0. The third-order valence-electron chi connectivity index (χ3n) is 5.13. The van der Waals surface area contributed by atoms with Gasteiger partial charge in [-0.1, -0.05) is 62.4 Å². The van der Waals surface area contributed by atoms with Gasteiger partial charge in [0.15, 0.2) is 0 Å². The van der Waals surface area contributed by atoms with Crippen molar-refractivity contribution in [1.82, 2.24) is 4.90 Å². The summed E-state index contributed by atoms with van der Waals surface area (Å²) in [5.41, 5.74) is 2.39. The van der Waals surface area contributed by atoms with Crippen LogP contribution in [0.25, 0.3) is 0 Å². The van der Waals surface area contributed by atoms with Gasteiger partial charge in [-0.2, -0.15) is 0 Å². The maximum Gasteiger partial charge on any atom is 0.226 e. The first-order valence-corrected chi connectivity index (χ1v) is 9.32. The minimum Gasteiger partial charge on any atom is -0.309 e. The lowest BCUT2D eigenvalue weighted by atomic mass is 9.91. The molecule has 0 saturated carbocycles. The second-order valence-corrected chi connectivity index (χ2v) is 7.01. The van der Waals surface area contributed by atoms with Crippen LogP contribution in [0.1, 0.15) is 32.3 Å². The Morgan fingerprint density at radius 1 is 1.08 bits per heavy atom. The van der Waals surface area contributed by atoms with Crippen molar-refractivity contribution in [2.24, 2.45) is 5.92 Å². The molecule has 0 N–H and O–H groups in total. The van der Waals surface area contributed by atoms with Crippen molar-refractivity contribution in [3.63, 3.8) is 0 Å². The molecule has 0 spiro atoms. The van der Waals surface area contributed by atoms with E-state index < -0.39 is 0 Å². The molecule has 1 aliphatic heterocycles. The van der Waals surface area contributed by atoms with E-state index in [9.17, 15) is 4.79 Å². The lowest BCUT2D eigenvalue weighted by Gasteiger charge is -2.42. The zero-order valence-electron chi connectivity index (χ0n) is 15.3. The van der Waals surface area contributed by atoms with Crippen LogP contribution in [0.4, 0.5) is 5.69 Å². The SMILES string of the molecule is CCC(=O)N(c1ccccc1)[C@@H]1CCN(Cc2ccccc2)C[C@@H]1C. The van der Waals surface area contributed by atoms with Gasteiger partial charge in [-0.15, -0.1) is 0 Å². The molecule has 1 fully saturated rings. The molecule has 1 saturated heterocycles. The van der Waals surface area contributed by atoms with Crippen molar-refractivity contribution in [3.05, 3.63) is 66.2 Å². The number of likely N-dealkylation sites (tertiary alicyclic amines) is 1. The monoisotopic (exact) mass is 336 g/mol. The molecule has 2 aromatic rings. The number of carbonyl (C=O) groups is 1. The van der Waals surface area contributed by atoms with Crippen molar-refractivity contribution in [2.45, 2.75) is 39.3 Å². The van der Waals surface area contributed by atoms with Crippen molar-refractivity contribution >= 4 is 11.6 Å². The predicted molar refractivity (Wildman–Crippen MR) is 104 cm³/mol. The van der Waals surface area contributed by atoms with Gasteiger partial charge in [0.2, 0.25) is 5.91 Å². The van der Waals surface area contributed by atoms with Gasteiger partial charge in [-0.05, 0) is 30.0 Å². The zero-order chi connectivity index (χ0) is 17.6. The fraction of sp³-hybridized carbons (Fsp3) is 0.409. The van der Waals surface area contributed by atoms with Crippen molar-refractivity contribution < 1.29 is 4.79 Å². The van der Waals surface area contributed by atoms with E-state index >= 15 is 0 Å². The van der Waals surface area contributed by atoms with Gasteiger partial charge < -0.3 is 4.90 Å². The summed E-state index contributed by atoms with van der Waals surface area (Å²) in [6.07, 6.45) is 1.57. The number of anilines is 1. The van der Waals surface area contributed by atoms with Gasteiger partial charge in [0, 0.05) is 37.8 Å². The number of carbonyl (C=O) groups excluding carboxylic acids is 1. The Hall–Kier alpha value is -2.13. The second-order valence-electron chi connectivity index (χ2n) is 7.01. The molecule has 132 valence electrons. The number of hydrogen-bond acceptors (Lipinski definition) is 2. The third kappa shape index (κ3) is 4.29. The summed E-state index contributed by atoms with van der Waals surface area (Å²) in [6, 6.07) is 21.1. The van der Waals surface area contributed by atoms with Gasteiger partial charge in [-0.3, -0.25) is 9.69 Å². The number of amides is 1. The number of rotatable bonds is 5. The van der Waals surface area contributed by atoms with E-state index in [1.807, 2.05) is 30.0 Å². The molecule has 1 amide bonds. The van der Waals surface area contributed by atoms with Crippen LogP contribution in [0.2, 0.25) is 0 Å². The van der Waals surface area contributed by atoms with Gasteiger partial charge >= 0.3 is 0 Å². The molecule has 0 unspecified atom stereocenters. The first-order valence-electron chi connectivity index (χ1n) is 9.32. The predicted octanol–water partition coefficient (Wildman–Crippen LogP) is 4.34. The molecule has 3 rings (SSSR count). The molecular formula is C22H28N2O. The summed E-state index contributed by atoms with van der Waals surface area (Å²) in [5.74, 6) is 0.674. The van der Waals surface area contributed by atoms with Crippen LogP contribution < -0.4 is 4.90 Å². The lowest BCUT2D eigenvalue weighted by Crippen LogP contribution is -2.52. The smallest absolute Gasteiger partial charge is 0.226 e. The van der Waals surface area contributed by atoms with E-state index in [1.54, 1.807) is 0 Å². The number of piperidine rings is 1. The maximum absolute atomic E-state index is 12.6. The Bertz CT molecular complexity index is 671. The Labute approximate surface area is 151 Å². The molecule has 0 bridgehead atoms. The Morgan fingerprint density at radius 3 is 2.32 bits per heavy atom. The van der Waals surface area contributed by atoms with Crippen LogP contribution in [-0.4, -0.2) is 29.9 Å². The van der Waals surface area contributed by atoms with Crippen molar-refractivity contribution in [1.29, 1.82) is 0 Å². The highest BCUT2D eigenvalue weighted by molar-refractivity contribution is 5.93. The van der Waals surface area contributed by atoms with Gasteiger partial charge in [0.05, 0.1) is 0 Å². The van der Waals surface area contributed by atoms with Crippen molar-refractivity contribution in [3.8, 4) is 0 Å². The summed E-state index contributed by atoms with van der Waals surface area (Å²) in [4.78, 5) is 17.2. The quantitative estimate of drug-likeness (QED) is 0.811. The normalized spacial score (nSPS) is 21.0. The summed E-state index contributed by atoms with van der Waals surface area (Å²) in [6.45, 7) is 7.28. The average molecular weight is 336 g/mol. The molecular weight excluding hydrogens is 308 g/mol. The molecule has 0 aliphatic carbocycles. The van der Waals surface area contributed by atoms with Gasteiger partial charge in [-0.25, -0.2) is 0 Å². The summed E-state index contributed by atoms with van der Waals surface area (Å²) in [7, 11) is 0. The van der Waals surface area contributed by atoms with E-state index in [2.05, 4.69) is 54.3 Å². The Balaban J connectivity index is 1.71. The summed E-state index contributed by atoms with van der Waals surface area (Å²) in [5, 5.41) is 0. The molecule has 0 radical (unpaired) electrons.